The molecule has 4 aromatic rings. The third kappa shape index (κ3) is 2.22. The lowest BCUT2D eigenvalue weighted by Crippen LogP contribution is -1.86. The van der Waals surface area contributed by atoms with Crippen molar-refractivity contribution >= 4 is 21.9 Å². The van der Waals surface area contributed by atoms with Gasteiger partial charge in [-0.3, -0.25) is 4.98 Å². The Balaban J connectivity index is 2.08. The van der Waals surface area contributed by atoms with E-state index in [0.29, 0.717) is 5.92 Å². The molecule has 0 saturated heterocycles. The standard InChI is InChI=1S/C21H19NO/c1-13(2)15-6-4-7-16-17-8-5-9-18(21(17)23-20(15)16)19-12-14(3)10-11-22-19/h4-13H,1-3H3. The van der Waals surface area contributed by atoms with E-state index in [4.69, 9.17) is 4.42 Å². The van der Waals surface area contributed by atoms with Gasteiger partial charge in [-0.05, 0) is 42.2 Å². The summed E-state index contributed by atoms with van der Waals surface area (Å²) in [5.74, 6) is 0.430. The van der Waals surface area contributed by atoms with Crippen molar-refractivity contribution in [2.45, 2.75) is 26.7 Å². The first-order valence-electron chi connectivity index (χ1n) is 8.02. The van der Waals surface area contributed by atoms with E-state index < -0.39 is 0 Å². The molecule has 114 valence electrons. The van der Waals surface area contributed by atoms with Gasteiger partial charge in [-0.2, -0.15) is 0 Å². The zero-order valence-electron chi connectivity index (χ0n) is 13.6. The Bertz CT molecular complexity index is 1010. The van der Waals surface area contributed by atoms with Crippen LogP contribution >= 0.6 is 0 Å². The summed E-state index contributed by atoms with van der Waals surface area (Å²) in [5.41, 5.74) is 6.39. The SMILES string of the molecule is Cc1ccnc(-c2cccc3c2oc2c(C(C)C)cccc23)c1. The second-order valence-corrected chi connectivity index (χ2v) is 6.38. The van der Waals surface area contributed by atoms with Crippen LogP contribution in [-0.2, 0) is 0 Å². The lowest BCUT2D eigenvalue weighted by molar-refractivity contribution is 0.658. The first-order valence-corrected chi connectivity index (χ1v) is 8.02. The molecular weight excluding hydrogens is 282 g/mol. The Morgan fingerprint density at radius 3 is 2.39 bits per heavy atom. The summed E-state index contributed by atoms with van der Waals surface area (Å²) in [4.78, 5) is 4.53. The Labute approximate surface area is 135 Å². The van der Waals surface area contributed by atoms with Crippen LogP contribution in [-0.4, -0.2) is 4.98 Å². The van der Waals surface area contributed by atoms with Crippen molar-refractivity contribution in [2.75, 3.05) is 0 Å². The number of benzene rings is 2. The van der Waals surface area contributed by atoms with Crippen LogP contribution < -0.4 is 0 Å². The molecule has 2 heterocycles. The van der Waals surface area contributed by atoms with E-state index >= 15 is 0 Å². The van der Waals surface area contributed by atoms with E-state index in [1.807, 2.05) is 12.3 Å². The first-order chi connectivity index (χ1) is 11.1. The molecule has 0 N–H and O–H groups in total. The van der Waals surface area contributed by atoms with Gasteiger partial charge in [0.2, 0.25) is 0 Å². The molecule has 23 heavy (non-hydrogen) atoms. The molecule has 4 rings (SSSR count). The third-order valence-electron chi connectivity index (χ3n) is 4.37. The van der Waals surface area contributed by atoms with Crippen molar-refractivity contribution in [3.63, 3.8) is 0 Å². The van der Waals surface area contributed by atoms with E-state index in [1.54, 1.807) is 0 Å². The highest BCUT2D eigenvalue weighted by Crippen LogP contribution is 2.38. The molecule has 0 saturated carbocycles. The Morgan fingerprint density at radius 1 is 0.913 bits per heavy atom. The van der Waals surface area contributed by atoms with Gasteiger partial charge in [-0.15, -0.1) is 0 Å². The number of rotatable bonds is 2. The van der Waals surface area contributed by atoms with E-state index in [9.17, 15) is 0 Å². The molecule has 2 nitrogen and oxygen atoms in total. The molecule has 0 atom stereocenters. The fourth-order valence-electron chi connectivity index (χ4n) is 3.18. The highest BCUT2D eigenvalue weighted by molar-refractivity contribution is 6.10. The number of para-hydroxylation sites is 2. The van der Waals surface area contributed by atoms with Crippen molar-refractivity contribution in [2.24, 2.45) is 0 Å². The van der Waals surface area contributed by atoms with Crippen LogP contribution in [0.15, 0.2) is 59.1 Å². The van der Waals surface area contributed by atoms with Crippen LogP contribution in [0, 0.1) is 6.92 Å². The summed E-state index contributed by atoms with van der Waals surface area (Å²) in [6.07, 6.45) is 1.85. The normalized spacial score (nSPS) is 11.7. The molecule has 0 amide bonds. The maximum atomic E-state index is 6.33. The zero-order chi connectivity index (χ0) is 16.0. The second-order valence-electron chi connectivity index (χ2n) is 6.38. The van der Waals surface area contributed by atoms with E-state index in [2.05, 4.69) is 68.2 Å². The molecular formula is C21H19NO. The molecule has 0 bridgehead atoms. The van der Waals surface area contributed by atoms with Gasteiger partial charge in [0, 0.05) is 22.5 Å². The fourth-order valence-corrected chi connectivity index (χ4v) is 3.18. The molecule has 2 aromatic heterocycles. The number of aryl methyl sites for hydroxylation is 1. The summed E-state index contributed by atoms with van der Waals surface area (Å²) in [6.45, 7) is 6.48. The number of hydrogen-bond acceptors (Lipinski definition) is 2. The molecule has 0 aliphatic heterocycles. The molecule has 0 radical (unpaired) electrons. The number of pyridine rings is 1. The molecule has 0 spiro atoms. The molecule has 0 unspecified atom stereocenters. The lowest BCUT2D eigenvalue weighted by atomic mass is 9.99. The molecule has 0 aliphatic rings. The Kier molecular flexibility index (Phi) is 3.19. The van der Waals surface area contributed by atoms with E-state index in [0.717, 1.165) is 27.8 Å². The van der Waals surface area contributed by atoms with Crippen molar-refractivity contribution < 1.29 is 4.42 Å². The Hall–Kier alpha value is -2.61. The number of aromatic nitrogens is 1. The predicted octanol–water partition coefficient (Wildman–Crippen LogP) is 6.08. The average molecular weight is 301 g/mol. The second kappa shape index (κ2) is 5.24. The summed E-state index contributed by atoms with van der Waals surface area (Å²) < 4.78 is 6.33. The van der Waals surface area contributed by atoms with Crippen LogP contribution in [0.25, 0.3) is 33.2 Å². The molecule has 0 aliphatic carbocycles. The van der Waals surface area contributed by atoms with Gasteiger partial charge in [-0.25, -0.2) is 0 Å². The smallest absolute Gasteiger partial charge is 0.144 e. The van der Waals surface area contributed by atoms with Crippen molar-refractivity contribution in [1.29, 1.82) is 0 Å². The van der Waals surface area contributed by atoms with Crippen LogP contribution in [0.4, 0.5) is 0 Å². The molecule has 2 heteroatoms. The highest BCUT2D eigenvalue weighted by atomic mass is 16.3. The van der Waals surface area contributed by atoms with Crippen LogP contribution in [0.2, 0.25) is 0 Å². The van der Waals surface area contributed by atoms with Crippen molar-refractivity contribution in [1.82, 2.24) is 4.98 Å². The van der Waals surface area contributed by atoms with Gasteiger partial charge < -0.3 is 4.42 Å². The zero-order valence-corrected chi connectivity index (χ0v) is 13.6. The van der Waals surface area contributed by atoms with Crippen LogP contribution in [0.3, 0.4) is 0 Å². The van der Waals surface area contributed by atoms with E-state index in [1.165, 1.54) is 16.5 Å². The van der Waals surface area contributed by atoms with Gasteiger partial charge >= 0.3 is 0 Å². The summed E-state index contributed by atoms with van der Waals surface area (Å²) >= 11 is 0. The maximum Gasteiger partial charge on any atom is 0.144 e. The van der Waals surface area contributed by atoms with E-state index in [-0.39, 0.29) is 0 Å². The van der Waals surface area contributed by atoms with Gasteiger partial charge in [0.05, 0.1) is 5.69 Å². The predicted molar refractivity (Wildman–Crippen MR) is 95.8 cm³/mol. The van der Waals surface area contributed by atoms with Gasteiger partial charge in [0.1, 0.15) is 11.2 Å². The quantitative estimate of drug-likeness (QED) is 0.448. The highest BCUT2D eigenvalue weighted by Gasteiger charge is 2.16. The lowest BCUT2D eigenvalue weighted by Gasteiger charge is -2.04. The first kappa shape index (κ1) is 14.0. The summed E-state index contributed by atoms with van der Waals surface area (Å²) in [6, 6.07) is 16.8. The molecule has 2 aromatic carbocycles. The van der Waals surface area contributed by atoms with Gasteiger partial charge in [-0.1, -0.05) is 44.2 Å². The van der Waals surface area contributed by atoms with Crippen molar-refractivity contribution in [3.8, 4) is 11.3 Å². The number of furan rings is 1. The minimum absolute atomic E-state index is 0.430. The molecule has 0 fully saturated rings. The third-order valence-corrected chi connectivity index (χ3v) is 4.37. The fraction of sp³-hybridized carbons (Fsp3) is 0.190. The number of fused-ring (bicyclic) bond motifs is 3. The van der Waals surface area contributed by atoms with Gasteiger partial charge in [0.25, 0.3) is 0 Å². The van der Waals surface area contributed by atoms with Crippen LogP contribution in [0.1, 0.15) is 30.9 Å². The maximum absolute atomic E-state index is 6.33. The Morgan fingerprint density at radius 2 is 1.65 bits per heavy atom. The monoisotopic (exact) mass is 301 g/mol. The van der Waals surface area contributed by atoms with Crippen molar-refractivity contribution in [3.05, 3.63) is 65.9 Å². The van der Waals surface area contributed by atoms with Crippen LogP contribution in [0.5, 0.6) is 0 Å². The summed E-state index contributed by atoms with van der Waals surface area (Å²) in [7, 11) is 0. The largest absolute Gasteiger partial charge is 0.455 e. The van der Waals surface area contributed by atoms with Gasteiger partial charge in [0.15, 0.2) is 0 Å². The number of hydrogen-bond donors (Lipinski definition) is 0. The minimum Gasteiger partial charge on any atom is -0.455 e. The number of nitrogens with zero attached hydrogens (tertiary/aromatic N) is 1. The summed E-state index contributed by atoms with van der Waals surface area (Å²) in [5, 5.41) is 2.34. The minimum atomic E-state index is 0.430. The average Bonchev–Trinajstić information content (AvgIpc) is 2.93. The topological polar surface area (TPSA) is 26.0 Å².